The molecular weight excluding hydrogens is 218 g/mol. The number of carbonyl (C=O) groups excluding carboxylic acids is 1. The van der Waals surface area contributed by atoms with Gasteiger partial charge in [-0.15, -0.1) is 11.3 Å². The molecule has 3 heteroatoms. The number of thiophene rings is 1. The third-order valence-electron chi connectivity index (χ3n) is 3.00. The van der Waals surface area contributed by atoms with Crippen LogP contribution in [0.15, 0.2) is 35.7 Å². The Labute approximate surface area is 98.1 Å². The van der Waals surface area contributed by atoms with Crippen LogP contribution in [0.5, 0.6) is 0 Å². The zero-order chi connectivity index (χ0) is 11.1. The Morgan fingerprint density at radius 1 is 1.25 bits per heavy atom. The molecule has 0 bridgehead atoms. The molecule has 0 saturated heterocycles. The number of rotatable bonds is 1. The summed E-state index contributed by atoms with van der Waals surface area (Å²) < 4.78 is 0. The maximum atomic E-state index is 11.7. The van der Waals surface area contributed by atoms with Gasteiger partial charge in [0.1, 0.15) is 0 Å². The van der Waals surface area contributed by atoms with Crippen LogP contribution in [0.4, 0.5) is 5.69 Å². The second-order valence-corrected chi connectivity index (χ2v) is 4.86. The van der Waals surface area contributed by atoms with Gasteiger partial charge in [0.05, 0.1) is 6.42 Å². The molecule has 1 aromatic carbocycles. The summed E-state index contributed by atoms with van der Waals surface area (Å²) in [4.78, 5) is 14.7. The molecule has 16 heavy (non-hydrogen) atoms. The first-order chi connectivity index (χ1) is 7.77. The normalized spacial score (nSPS) is 14.3. The van der Waals surface area contributed by atoms with Crippen molar-refractivity contribution in [2.75, 3.05) is 11.9 Å². The van der Waals surface area contributed by atoms with Crippen molar-refractivity contribution in [2.45, 2.75) is 6.42 Å². The van der Waals surface area contributed by atoms with Crippen LogP contribution in [0.1, 0.15) is 5.56 Å². The van der Waals surface area contributed by atoms with E-state index in [1.54, 1.807) is 16.2 Å². The number of carbonyl (C=O) groups is 1. The summed E-state index contributed by atoms with van der Waals surface area (Å²) in [6, 6.07) is 10.3. The lowest BCUT2D eigenvalue weighted by molar-refractivity contribution is -0.117. The Morgan fingerprint density at radius 2 is 2.12 bits per heavy atom. The van der Waals surface area contributed by atoms with Gasteiger partial charge in [-0.1, -0.05) is 18.2 Å². The number of amides is 1. The monoisotopic (exact) mass is 229 g/mol. The molecule has 0 N–H and O–H groups in total. The third-order valence-corrected chi connectivity index (χ3v) is 3.90. The van der Waals surface area contributed by atoms with Gasteiger partial charge in [0.25, 0.3) is 0 Å². The van der Waals surface area contributed by atoms with Gasteiger partial charge in [0.2, 0.25) is 5.91 Å². The van der Waals surface area contributed by atoms with Crippen molar-refractivity contribution in [1.29, 1.82) is 0 Å². The molecule has 1 aliphatic rings. The predicted octanol–water partition coefficient (Wildman–Crippen LogP) is 2.93. The number of nitrogens with zero attached hydrogens (tertiary/aromatic N) is 1. The molecule has 80 valence electrons. The van der Waals surface area contributed by atoms with E-state index in [0.717, 1.165) is 11.3 Å². The molecule has 2 aromatic rings. The standard InChI is InChI=1S/C13H11NOS/c1-14-11-5-2-4-9(10(11)8-13(14)15)12-6-3-7-16-12/h2-7H,8H2,1H3. The van der Waals surface area contributed by atoms with Crippen LogP contribution in [0, 0.1) is 0 Å². The van der Waals surface area contributed by atoms with Gasteiger partial charge in [0, 0.05) is 17.6 Å². The topological polar surface area (TPSA) is 20.3 Å². The maximum absolute atomic E-state index is 11.7. The minimum atomic E-state index is 0.180. The highest BCUT2D eigenvalue weighted by atomic mass is 32.1. The molecule has 2 nitrogen and oxygen atoms in total. The molecule has 0 fully saturated rings. The molecule has 0 aliphatic carbocycles. The van der Waals surface area contributed by atoms with Crippen molar-refractivity contribution in [3.05, 3.63) is 41.3 Å². The summed E-state index contributed by atoms with van der Waals surface area (Å²) in [7, 11) is 1.84. The van der Waals surface area contributed by atoms with Crippen LogP contribution in [0.25, 0.3) is 10.4 Å². The van der Waals surface area contributed by atoms with Gasteiger partial charge in [-0.2, -0.15) is 0 Å². The molecule has 0 saturated carbocycles. The van der Waals surface area contributed by atoms with Gasteiger partial charge in [0.15, 0.2) is 0 Å². The van der Waals surface area contributed by atoms with E-state index in [1.807, 2.05) is 25.2 Å². The summed E-state index contributed by atoms with van der Waals surface area (Å²) in [5.74, 6) is 0.180. The van der Waals surface area contributed by atoms with E-state index in [4.69, 9.17) is 0 Å². The van der Waals surface area contributed by atoms with Crippen LogP contribution in [0.3, 0.4) is 0 Å². The number of fused-ring (bicyclic) bond motifs is 1. The summed E-state index contributed by atoms with van der Waals surface area (Å²) in [6.45, 7) is 0. The Hall–Kier alpha value is -1.61. The largest absolute Gasteiger partial charge is 0.315 e. The van der Waals surface area contributed by atoms with Crippen molar-refractivity contribution in [3.63, 3.8) is 0 Å². The molecule has 1 amide bonds. The smallest absolute Gasteiger partial charge is 0.231 e. The van der Waals surface area contributed by atoms with Crippen molar-refractivity contribution in [3.8, 4) is 10.4 Å². The van der Waals surface area contributed by atoms with Gasteiger partial charge in [-0.3, -0.25) is 4.79 Å². The fraction of sp³-hybridized carbons (Fsp3) is 0.154. The summed E-state index contributed by atoms with van der Waals surface area (Å²) in [6.07, 6.45) is 0.528. The maximum Gasteiger partial charge on any atom is 0.231 e. The number of hydrogen-bond donors (Lipinski definition) is 0. The van der Waals surface area contributed by atoms with Gasteiger partial charge < -0.3 is 4.90 Å². The second-order valence-electron chi connectivity index (χ2n) is 3.91. The first-order valence-corrected chi connectivity index (χ1v) is 6.07. The molecule has 2 heterocycles. The predicted molar refractivity (Wildman–Crippen MR) is 66.9 cm³/mol. The van der Waals surface area contributed by atoms with Crippen molar-refractivity contribution < 1.29 is 4.79 Å². The van der Waals surface area contributed by atoms with Crippen LogP contribution in [0.2, 0.25) is 0 Å². The van der Waals surface area contributed by atoms with Crippen molar-refractivity contribution in [2.24, 2.45) is 0 Å². The quantitative estimate of drug-likeness (QED) is 0.736. The van der Waals surface area contributed by atoms with Crippen LogP contribution in [-0.2, 0) is 11.2 Å². The average molecular weight is 229 g/mol. The summed E-state index contributed by atoms with van der Waals surface area (Å²) in [5.41, 5.74) is 3.42. The SMILES string of the molecule is CN1C(=O)Cc2c(-c3cccs3)cccc21. The van der Waals surface area contributed by atoms with E-state index >= 15 is 0 Å². The minimum Gasteiger partial charge on any atom is -0.315 e. The van der Waals surface area contributed by atoms with Crippen LogP contribution in [-0.4, -0.2) is 13.0 Å². The number of anilines is 1. The van der Waals surface area contributed by atoms with Gasteiger partial charge >= 0.3 is 0 Å². The molecule has 1 aliphatic heterocycles. The molecule has 0 unspecified atom stereocenters. The molecule has 0 radical (unpaired) electrons. The second kappa shape index (κ2) is 3.46. The molecule has 0 spiro atoms. The fourth-order valence-corrected chi connectivity index (χ4v) is 2.92. The van der Waals surface area contributed by atoms with E-state index in [9.17, 15) is 4.79 Å². The highest BCUT2D eigenvalue weighted by molar-refractivity contribution is 7.13. The van der Waals surface area contributed by atoms with Gasteiger partial charge in [-0.25, -0.2) is 0 Å². The zero-order valence-electron chi connectivity index (χ0n) is 8.93. The van der Waals surface area contributed by atoms with E-state index in [0.29, 0.717) is 6.42 Å². The molecule has 0 atom stereocenters. The lowest BCUT2D eigenvalue weighted by atomic mass is 10.0. The van der Waals surface area contributed by atoms with Gasteiger partial charge in [-0.05, 0) is 28.6 Å². The van der Waals surface area contributed by atoms with Crippen LogP contribution >= 0.6 is 11.3 Å². The highest BCUT2D eigenvalue weighted by Crippen LogP contribution is 2.37. The van der Waals surface area contributed by atoms with Crippen molar-refractivity contribution >= 4 is 22.9 Å². The fourth-order valence-electron chi connectivity index (χ4n) is 2.14. The number of benzene rings is 1. The Kier molecular flexibility index (Phi) is 2.07. The zero-order valence-corrected chi connectivity index (χ0v) is 9.75. The Bertz CT molecular complexity index is 545. The van der Waals surface area contributed by atoms with Crippen LogP contribution < -0.4 is 4.90 Å². The number of likely N-dealkylation sites (N-methyl/N-ethyl adjacent to an activating group) is 1. The summed E-state index contributed by atoms with van der Waals surface area (Å²) in [5, 5.41) is 2.06. The highest BCUT2D eigenvalue weighted by Gasteiger charge is 2.26. The van der Waals surface area contributed by atoms with Crippen molar-refractivity contribution in [1.82, 2.24) is 0 Å². The molecule has 3 rings (SSSR count). The Balaban J connectivity index is 2.20. The van der Waals surface area contributed by atoms with E-state index in [1.165, 1.54) is 10.4 Å². The van der Waals surface area contributed by atoms with E-state index in [-0.39, 0.29) is 5.91 Å². The Morgan fingerprint density at radius 3 is 2.88 bits per heavy atom. The average Bonchev–Trinajstić information content (AvgIpc) is 2.89. The first kappa shape index (κ1) is 9.60. The molecule has 1 aromatic heterocycles. The first-order valence-electron chi connectivity index (χ1n) is 5.19. The minimum absolute atomic E-state index is 0.180. The summed E-state index contributed by atoms with van der Waals surface area (Å²) >= 11 is 1.71. The molecular formula is C13H11NOS. The van der Waals surface area contributed by atoms with E-state index < -0.39 is 0 Å². The van der Waals surface area contributed by atoms with E-state index in [2.05, 4.69) is 17.5 Å². The lowest BCUT2D eigenvalue weighted by Gasteiger charge is -2.10. The number of hydrogen-bond acceptors (Lipinski definition) is 2. The third kappa shape index (κ3) is 1.28. The lowest BCUT2D eigenvalue weighted by Crippen LogP contribution is -2.20.